The highest BCUT2D eigenvalue weighted by Gasteiger charge is 2.51. The number of fused-ring (bicyclic) bond motifs is 1. The van der Waals surface area contributed by atoms with E-state index in [0.717, 1.165) is 31.5 Å². The minimum atomic E-state index is -1.04. The largest absolute Gasteiger partial charge is 0.481 e. The van der Waals surface area contributed by atoms with Crippen LogP contribution in [-0.4, -0.2) is 47.3 Å². The number of ether oxygens (including phenoxy) is 2. The standard InChI is InChI=1S/C21H25Cl2N3O3/c1-28-19-15(9-24-20(25-19)29-2)21(27)8-4-5-13-10-26(12-16(13)21)11-14-17(22)6-3-7-18(14)23/h3,6-7,9,13,16,27H,4-5,8,10-12H2,1-2H3/t13-,16+,21-/m1/s1. The normalized spacial score (nSPS) is 26.9. The van der Waals surface area contributed by atoms with E-state index in [0.29, 0.717) is 40.4 Å². The van der Waals surface area contributed by atoms with Gasteiger partial charge in [0.25, 0.3) is 0 Å². The van der Waals surface area contributed by atoms with Crippen molar-refractivity contribution in [3.8, 4) is 11.9 Å². The van der Waals surface area contributed by atoms with Gasteiger partial charge in [-0.05, 0) is 37.3 Å². The topological polar surface area (TPSA) is 67.7 Å². The lowest BCUT2D eigenvalue weighted by Crippen LogP contribution is -2.43. The fraction of sp³-hybridized carbons (Fsp3) is 0.524. The number of aromatic nitrogens is 2. The lowest BCUT2D eigenvalue weighted by atomic mass is 9.68. The average molecular weight is 438 g/mol. The molecule has 2 heterocycles. The first-order valence-corrected chi connectivity index (χ1v) is 10.5. The molecule has 1 aliphatic heterocycles. The number of rotatable bonds is 5. The maximum atomic E-state index is 11.8. The number of hydrogen-bond acceptors (Lipinski definition) is 6. The van der Waals surface area contributed by atoms with Crippen LogP contribution in [0.2, 0.25) is 10.0 Å². The summed E-state index contributed by atoms with van der Waals surface area (Å²) in [7, 11) is 3.06. The fourth-order valence-electron chi connectivity index (χ4n) is 4.89. The van der Waals surface area contributed by atoms with Crippen molar-refractivity contribution in [1.82, 2.24) is 14.9 Å². The van der Waals surface area contributed by atoms with Crippen molar-refractivity contribution in [1.29, 1.82) is 0 Å². The van der Waals surface area contributed by atoms with Gasteiger partial charge in [0.1, 0.15) is 5.60 Å². The van der Waals surface area contributed by atoms with Gasteiger partial charge in [-0.25, -0.2) is 4.98 Å². The second kappa shape index (κ2) is 8.26. The summed E-state index contributed by atoms with van der Waals surface area (Å²) >= 11 is 12.8. The Hall–Kier alpha value is -1.60. The Kier molecular flexibility index (Phi) is 5.89. The Labute approximate surface area is 180 Å². The molecule has 2 aliphatic rings. The van der Waals surface area contributed by atoms with E-state index in [-0.39, 0.29) is 11.9 Å². The summed E-state index contributed by atoms with van der Waals surface area (Å²) in [6.07, 6.45) is 4.31. The maximum Gasteiger partial charge on any atom is 0.319 e. The summed E-state index contributed by atoms with van der Waals surface area (Å²) in [5.41, 5.74) is 0.524. The van der Waals surface area contributed by atoms with E-state index in [1.807, 2.05) is 18.2 Å². The smallest absolute Gasteiger partial charge is 0.319 e. The monoisotopic (exact) mass is 437 g/mol. The predicted octanol–water partition coefficient (Wildman–Crippen LogP) is 3.92. The van der Waals surface area contributed by atoms with Crippen LogP contribution in [0.25, 0.3) is 0 Å². The summed E-state index contributed by atoms with van der Waals surface area (Å²) in [5.74, 6) is 0.804. The van der Waals surface area contributed by atoms with E-state index in [1.165, 1.54) is 7.11 Å². The SMILES string of the molecule is COc1ncc([C@]2(O)CCC[C@@H]3CN(Cc4c(Cl)cccc4Cl)C[C@@H]32)c(OC)n1. The van der Waals surface area contributed by atoms with Gasteiger partial charge >= 0.3 is 6.01 Å². The molecule has 1 aromatic carbocycles. The number of aliphatic hydroxyl groups is 1. The van der Waals surface area contributed by atoms with Gasteiger partial charge < -0.3 is 14.6 Å². The fourth-order valence-corrected chi connectivity index (χ4v) is 5.40. The molecule has 1 aliphatic carbocycles. The molecule has 29 heavy (non-hydrogen) atoms. The lowest BCUT2D eigenvalue weighted by Gasteiger charge is -2.41. The lowest BCUT2D eigenvalue weighted by molar-refractivity contribution is -0.0669. The zero-order chi connectivity index (χ0) is 20.6. The highest BCUT2D eigenvalue weighted by Crippen LogP contribution is 2.50. The third-order valence-corrected chi connectivity index (χ3v) is 6.99. The van der Waals surface area contributed by atoms with Gasteiger partial charge in [0, 0.05) is 47.4 Å². The van der Waals surface area contributed by atoms with Crippen LogP contribution in [0.4, 0.5) is 0 Å². The molecule has 156 valence electrons. The van der Waals surface area contributed by atoms with E-state index in [1.54, 1.807) is 13.3 Å². The Morgan fingerprint density at radius 2 is 1.97 bits per heavy atom. The summed E-state index contributed by atoms with van der Waals surface area (Å²) in [5, 5.41) is 13.1. The maximum absolute atomic E-state index is 11.8. The van der Waals surface area contributed by atoms with Crippen LogP contribution in [0, 0.1) is 11.8 Å². The summed E-state index contributed by atoms with van der Waals surface area (Å²) < 4.78 is 10.6. The van der Waals surface area contributed by atoms with Crippen molar-refractivity contribution in [2.75, 3.05) is 27.3 Å². The van der Waals surface area contributed by atoms with Crippen LogP contribution in [0.3, 0.4) is 0 Å². The van der Waals surface area contributed by atoms with Gasteiger partial charge in [0.15, 0.2) is 0 Å². The van der Waals surface area contributed by atoms with Crippen LogP contribution >= 0.6 is 23.2 Å². The molecular formula is C21H25Cl2N3O3. The Bertz CT molecular complexity index is 877. The van der Waals surface area contributed by atoms with Gasteiger partial charge in [0.2, 0.25) is 5.88 Å². The number of methoxy groups -OCH3 is 2. The molecule has 1 N–H and O–H groups in total. The van der Waals surface area contributed by atoms with Crippen molar-refractivity contribution in [2.24, 2.45) is 11.8 Å². The van der Waals surface area contributed by atoms with Crippen molar-refractivity contribution in [3.63, 3.8) is 0 Å². The molecule has 2 fully saturated rings. The summed E-state index contributed by atoms with van der Waals surface area (Å²) in [6, 6.07) is 5.80. The molecule has 0 spiro atoms. The van der Waals surface area contributed by atoms with E-state index in [4.69, 9.17) is 32.7 Å². The van der Waals surface area contributed by atoms with Crippen molar-refractivity contribution in [3.05, 3.63) is 45.6 Å². The number of nitrogens with zero attached hydrogens (tertiary/aromatic N) is 3. The van der Waals surface area contributed by atoms with E-state index in [9.17, 15) is 5.11 Å². The van der Waals surface area contributed by atoms with Crippen molar-refractivity contribution >= 4 is 23.2 Å². The second-order valence-electron chi connectivity index (χ2n) is 7.86. The minimum Gasteiger partial charge on any atom is -0.481 e. The molecule has 1 saturated carbocycles. The van der Waals surface area contributed by atoms with Gasteiger partial charge in [-0.15, -0.1) is 0 Å². The molecule has 4 rings (SSSR count). The molecule has 6 nitrogen and oxygen atoms in total. The molecular weight excluding hydrogens is 413 g/mol. The Morgan fingerprint density at radius 1 is 1.21 bits per heavy atom. The number of halogens is 2. The average Bonchev–Trinajstić information content (AvgIpc) is 3.15. The quantitative estimate of drug-likeness (QED) is 0.764. The van der Waals surface area contributed by atoms with Crippen molar-refractivity contribution in [2.45, 2.75) is 31.4 Å². The number of hydrogen-bond donors (Lipinski definition) is 1. The third-order valence-electron chi connectivity index (χ3n) is 6.28. The van der Waals surface area contributed by atoms with Gasteiger partial charge in [0.05, 0.1) is 19.8 Å². The Balaban J connectivity index is 1.61. The molecule has 3 atom stereocenters. The van der Waals surface area contributed by atoms with Crippen LogP contribution in [0.5, 0.6) is 11.9 Å². The first kappa shape index (κ1) is 20.7. The second-order valence-corrected chi connectivity index (χ2v) is 8.67. The first-order valence-electron chi connectivity index (χ1n) is 9.79. The van der Waals surface area contributed by atoms with Crippen LogP contribution in [-0.2, 0) is 12.1 Å². The van der Waals surface area contributed by atoms with Gasteiger partial charge in [-0.1, -0.05) is 29.3 Å². The molecule has 8 heteroatoms. The minimum absolute atomic E-state index is 0.0587. The number of benzene rings is 1. The van der Waals surface area contributed by atoms with Crippen molar-refractivity contribution < 1.29 is 14.6 Å². The summed E-state index contributed by atoms with van der Waals surface area (Å²) in [4.78, 5) is 10.8. The summed E-state index contributed by atoms with van der Waals surface area (Å²) in [6.45, 7) is 2.31. The zero-order valence-electron chi connectivity index (χ0n) is 16.6. The molecule has 0 radical (unpaired) electrons. The molecule has 1 saturated heterocycles. The third kappa shape index (κ3) is 3.79. The zero-order valence-corrected chi connectivity index (χ0v) is 18.1. The highest BCUT2D eigenvalue weighted by molar-refractivity contribution is 6.35. The van der Waals surface area contributed by atoms with E-state index in [2.05, 4.69) is 14.9 Å². The molecule has 1 aromatic heterocycles. The Morgan fingerprint density at radius 3 is 2.66 bits per heavy atom. The number of likely N-dealkylation sites (tertiary alicyclic amines) is 1. The predicted molar refractivity (Wildman–Crippen MR) is 112 cm³/mol. The van der Waals surface area contributed by atoms with Gasteiger partial charge in [-0.3, -0.25) is 4.90 Å². The van der Waals surface area contributed by atoms with E-state index < -0.39 is 5.60 Å². The van der Waals surface area contributed by atoms with Crippen LogP contribution in [0.15, 0.2) is 24.4 Å². The molecule has 0 bridgehead atoms. The molecule has 0 unspecified atom stereocenters. The van der Waals surface area contributed by atoms with Crippen LogP contribution in [0.1, 0.15) is 30.4 Å². The van der Waals surface area contributed by atoms with Crippen LogP contribution < -0.4 is 9.47 Å². The molecule has 0 amide bonds. The van der Waals surface area contributed by atoms with E-state index >= 15 is 0 Å². The van der Waals surface area contributed by atoms with Gasteiger partial charge in [-0.2, -0.15) is 4.98 Å². The molecule has 2 aromatic rings. The first-order chi connectivity index (χ1) is 14.0. The highest BCUT2D eigenvalue weighted by atomic mass is 35.5.